The standard InChI is InChI=1S/C28H35N3O5/c1-19-15-25(35-18-20-7-9-21(33-5)10-8-20)22-16-24(26(34-6)17-23(22)29-19)30-11-13-31(14-12-30)27(32)36-28(2,3)4/h7-10,15-17H,11-14,18H2,1-6H3. The number of methoxy groups -OCH3 is 2. The van der Waals surface area contributed by atoms with Crippen LogP contribution in [0.1, 0.15) is 32.0 Å². The highest BCUT2D eigenvalue weighted by Gasteiger charge is 2.27. The van der Waals surface area contributed by atoms with E-state index in [0.717, 1.165) is 45.1 Å². The van der Waals surface area contributed by atoms with Gasteiger partial charge in [0.1, 0.15) is 29.5 Å². The van der Waals surface area contributed by atoms with Crippen LogP contribution in [0.25, 0.3) is 10.9 Å². The van der Waals surface area contributed by atoms with Crippen LogP contribution in [-0.4, -0.2) is 62.0 Å². The molecule has 1 aromatic heterocycles. The minimum Gasteiger partial charge on any atom is -0.497 e. The number of piperazine rings is 1. The first kappa shape index (κ1) is 25.4. The molecule has 0 spiro atoms. The molecule has 1 saturated heterocycles. The van der Waals surface area contributed by atoms with Gasteiger partial charge in [-0.05, 0) is 51.5 Å². The SMILES string of the molecule is COc1ccc(COc2cc(C)nc3cc(OC)c(N4CCN(C(=O)OC(C)(C)C)CC4)cc23)cc1. The van der Waals surface area contributed by atoms with E-state index in [9.17, 15) is 4.79 Å². The van der Waals surface area contributed by atoms with Crippen LogP contribution in [0.15, 0.2) is 42.5 Å². The van der Waals surface area contributed by atoms with Crippen LogP contribution < -0.4 is 19.1 Å². The van der Waals surface area contributed by atoms with Crippen molar-refractivity contribution in [2.24, 2.45) is 0 Å². The lowest BCUT2D eigenvalue weighted by atomic mass is 10.1. The average Bonchev–Trinajstić information content (AvgIpc) is 2.85. The molecule has 1 fully saturated rings. The van der Waals surface area contributed by atoms with Crippen molar-refractivity contribution in [2.75, 3.05) is 45.3 Å². The van der Waals surface area contributed by atoms with E-state index in [4.69, 9.17) is 23.9 Å². The zero-order valence-electron chi connectivity index (χ0n) is 22.0. The monoisotopic (exact) mass is 493 g/mol. The molecule has 2 aromatic carbocycles. The maximum absolute atomic E-state index is 12.5. The van der Waals surface area contributed by atoms with Crippen LogP contribution >= 0.6 is 0 Å². The zero-order valence-corrected chi connectivity index (χ0v) is 22.0. The molecule has 8 nitrogen and oxygen atoms in total. The molecule has 0 aliphatic carbocycles. The van der Waals surface area contributed by atoms with E-state index in [1.165, 1.54) is 0 Å². The van der Waals surface area contributed by atoms with E-state index in [-0.39, 0.29) is 6.09 Å². The third-order valence-electron chi connectivity index (χ3n) is 6.02. The van der Waals surface area contributed by atoms with Gasteiger partial charge < -0.3 is 28.7 Å². The summed E-state index contributed by atoms with van der Waals surface area (Å²) in [6, 6.07) is 13.8. The van der Waals surface area contributed by atoms with Gasteiger partial charge in [-0.3, -0.25) is 4.98 Å². The van der Waals surface area contributed by atoms with E-state index >= 15 is 0 Å². The van der Waals surface area contributed by atoms with Crippen molar-refractivity contribution in [1.82, 2.24) is 9.88 Å². The van der Waals surface area contributed by atoms with Gasteiger partial charge in [-0.1, -0.05) is 12.1 Å². The predicted octanol–water partition coefficient (Wildman–Crippen LogP) is 5.20. The Morgan fingerprint density at radius 2 is 1.64 bits per heavy atom. The number of ether oxygens (including phenoxy) is 4. The number of carbonyl (C=O) groups is 1. The zero-order chi connectivity index (χ0) is 25.9. The Morgan fingerprint density at radius 1 is 0.944 bits per heavy atom. The number of benzene rings is 2. The molecular weight excluding hydrogens is 458 g/mol. The number of fused-ring (bicyclic) bond motifs is 1. The van der Waals surface area contributed by atoms with Gasteiger partial charge in [0, 0.05) is 49.4 Å². The molecule has 1 amide bonds. The molecule has 1 aliphatic rings. The Labute approximate surface area is 212 Å². The summed E-state index contributed by atoms with van der Waals surface area (Å²) in [5.74, 6) is 2.32. The first-order valence-corrected chi connectivity index (χ1v) is 12.1. The largest absolute Gasteiger partial charge is 0.497 e. The quantitative estimate of drug-likeness (QED) is 0.467. The molecule has 3 aromatic rings. The van der Waals surface area contributed by atoms with Gasteiger partial charge in [0.05, 0.1) is 25.4 Å². The lowest BCUT2D eigenvalue weighted by molar-refractivity contribution is 0.0240. The van der Waals surface area contributed by atoms with E-state index in [0.29, 0.717) is 32.8 Å². The van der Waals surface area contributed by atoms with Crippen molar-refractivity contribution in [3.05, 3.63) is 53.7 Å². The fourth-order valence-electron chi connectivity index (χ4n) is 4.21. The second-order valence-corrected chi connectivity index (χ2v) is 9.89. The van der Waals surface area contributed by atoms with Gasteiger partial charge in [0.2, 0.25) is 0 Å². The van der Waals surface area contributed by atoms with Crippen molar-refractivity contribution >= 4 is 22.7 Å². The number of hydrogen-bond acceptors (Lipinski definition) is 7. The minimum absolute atomic E-state index is 0.276. The summed E-state index contributed by atoms with van der Waals surface area (Å²) < 4.78 is 22.8. The summed E-state index contributed by atoms with van der Waals surface area (Å²) in [4.78, 5) is 21.2. The van der Waals surface area contributed by atoms with Crippen LogP contribution in [0.5, 0.6) is 17.2 Å². The topological polar surface area (TPSA) is 73.4 Å². The Kier molecular flexibility index (Phi) is 7.43. The van der Waals surface area contributed by atoms with Gasteiger partial charge in [-0.15, -0.1) is 0 Å². The van der Waals surface area contributed by atoms with Gasteiger partial charge in [0.25, 0.3) is 0 Å². The highest BCUT2D eigenvalue weighted by atomic mass is 16.6. The van der Waals surface area contributed by atoms with Crippen LogP contribution in [0, 0.1) is 6.92 Å². The number of aromatic nitrogens is 1. The molecule has 0 atom stereocenters. The lowest BCUT2D eigenvalue weighted by Gasteiger charge is -2.37. The van der Waals surface area contributed by atoms with Crippen molar-refractivity contribution in [2.45, 2.75) is 39.9 Å². The van der Waals surface area contributed by atoms with E-state index < -0.39 is 5.60 Å². The van der Waals surface area contributed by atoms with E-state index in [2.05, 4.69) is 11.0 Å². The van der Waals surface area contributed by atoms with Gasteiger partial charge >= 0.3 is 6.09 Å². The molecule has 0 bridgehead atoms. The minimum atomic E-state index is -0.511. The molecule has 2 heterocycles. The number of pyridine rings is 1. The molecule has 36 heavy (non-hydrogen) atoms. The fraction of sp³-hybridized carbons (Fsp3) is 0.429. The second kappa shape index (κ2) is 10.5. The maximum atomic E-state index is 12.5. The average molecular weight is 494 g/mol. The lowest BCUT2D eigenvalue weighted by Crippen LogP contribution is -2.50. The number of hydrogen-bond donors (Lipinski definition) is 0. The Bertz CT molecular complexity index is 1210. The first-order valence-electron chi connectivity index (χ1n) is 12.1. The van der Waals surface area contributed by atoms with Crippen LogP contribution in [0.3, 0.4) is 0 Å². The molecule has 0 N–H and O–H groups in total. The molecular formula is C28H35N3O5. The molecule has 1 aliphatic heterocycles. The summed E-state index contributed by atoms with van der Waals surface area (Å²) in [6.07, 6.45) is -0.276. The highest BCUT2D eigenvalue weighted by Crippen LogP contribution is 2.37. The number of anilines is 1. The number of carbonyl (C=O) groups excluding carboxylic acids is 1. The fourth-order valence-corrected chi connectivity index (χ4v) is 4.21. The van der Waals surface area contributed by atoms with Gasteiger partial charge in [-0.2, -0.15) is 0 Å². The third kappa shape index (κ3) is 5.93. The smallest absolute Gasteiger partial charge is 0.410 e. The summed E-state index contributed by atoms with van der Waals surface area (Å²) >= 11 is 0. The molecule has 0 radical (unpaired) electrons. The van der Waals surface area contributed by atoms with Crippen molar-refractivity contribution in [3.63, 3.8) is 0 Å². The van der Waals surface area contributed by atoms with Gasteiger partial charge in [0.15, 0.2) is 0 Å². The normalized spacial score (nSPS) is 14.1. The summed E-state index contributed by atoms with van der Waals surface area (Å²) in [5, 5.41) is 0.916. The van der Waals surface area contributed by atoms with Crippen molar-refractivity contribution in [3.8, 4) is 17.2 Å². The van der Waals surface area contributed by atoms with E-state index in [1.807, 2.05) is 64.1 Å². The van der Waals surface area contributed by atoms with Crippen molar-refractivity contribution < 1.29 is 23.7 Å². The Hall–Kier alpha value is -3.68. The highest BCUT2D eigenvalue weighted by molar-refractivity contribution is 5.91. The van der Waals surface area contributed by atoms with Gasteiger partial charge in [-0.25, -0.2) is 4.79 Å². The second-order valence-electron chi connectivity index (χ2n) is 9.89. The summed E-state index contributed by atoms with van der Waals surface area (Å²) in [7, 11) is 3.32. The molecule has 0 unspecified atom stereocenters. The number of aryl methyl sites for hydroxylation is 1. The maximum Gasteiger partial charge on any atom is 0.410 e. The van der Waals surface area contributed by atoms with Crippen LogP contribution in [0.2, 0.25) is 0 Å². The Balaban J connectivity index is 1.56. The molecule has 192 valence electrons. The predicted molar refractivity (Wildman–Crippen MR) is 140 cm³/mol. The Morgan fingerprint density at radius 3 is 2.25 bits per heavy atom. The van der Waals surface area contributed by atoms with Crippen molar-refractivity contribution in [1.29, 1.82) is 0 Å². The number of amides is 1. The molecule has 4 rings (SSSR count). The van der Waals surface area contributed by atoms with Crippen LogP contribution in [-0.2, 0) is 11.3 Å². The van der Waals surface area contributed by atoms with Crippen LogP contribution in [0.4, 0.5) is 10.5 Å². The third-order valence-corrected chi connectivity index (χ3v) is 6.02. The number of nitrogens with zero attached hydrogens (tertiary/aromatic N) is 3. The first-order chi connectivity index (χ1) is 17.2. The molecule has 8 heteroatoms. The molecule has 0 saturated carbocycles. The summed E-state index contributed by atoms with van der Waals surface area (Å²) in [6.45, 7) is 10.5. The van der Waals surface area contributed by atoms with E-state index in [1.54, 1.807) is 19.1 Å². The summed E-state index contributed by atoms with van der Waals surface area (Å²) in [5.41, 5.74) is 3.17. The number of rotatable bonds is 6.